The molecule has 1 heterocycles. The van der Waals surface area contributed by atoms with Gasteiger partial charge in [0.25, 0.3) is 0 Å². The van der Waals surface area contributed by atoms with Crippen LogP contribution in [0.5, 0.6) is 0 Å². The summed E-state index contributed by atoms with van der Waals surface area (Å²) in [7, 11) is -2.01. The Balaban J connectivity index is 3.23. The third-order valence-electron chi connectivity index (χ3n) is 2.00. The monoisotopic (exact) mass is 249 g/mol. The highest BCUT2D eigenvalue weighted by atomic mass is 35.5. The van der Waals surface area contributed by atoms with Crippen molar-refractivity contribution in [2.75, 3.05) is 19.3 Å². The van der Waals surface area contributed by atoms with Crippen molar-refractivity contribution in [2.45, 2.75) is 11.8 Å². The fourth-order valence-electron chi connectivity index (χ4n) is 0.922. The summed E-state index contributed by atoms with van der Waals surface area (Å²) in [4.78, 5) is 3.75. The molecule has 1 aromatic heterocycles. The van der Waals surface area contributed by atoms with E-state index in [9.17, 15) is 8.42 Å². The van der Waals surface area contributed by atoms with Crippen molar-refractivity contribution in [3.05, 3.63) is 17.3 Å². The number of sulfonamides is 1. The number of nitrogens with two attached hydrogens (primary N) is 1. The van der Waals surface area contributed by atoms with Crippen LogP contribution in [0, 0.1) is 0 Å². The zero-order valence-electron chi connectivity index (χ0n) is 8.44. The van der Waals surface area contributed by atoms with Gasteiger partial charge in [-0.25, -0.2) is 17.7 Å². The summed E-state index contributed by atoms with van der Waals surface area (Å²) in [6.07, 6.45) is 1.20. The third kappa shape index (κ3) is 2.39. The maximum absolute atomic E-state index is 11.8. The molecule has 84 valence electrons. The van der Waals surface area contributed by atoms with Crippen molar-refractivity contribution in [3.8, 4) is 0 Å². The van der Waals surface area contributed by atoms with E-state index in [1.807, 2.05) is 0 Å². The second-order valence-corrected chi connectivity index (χ2v) is 5.41. The van der Waals surface area contributed by atoms with Gasteiger partial charge in [0.2, 0.25) is 10.0 Å². The number of nitrogens with zero attached hydrogens (tertiary/aromatic N) is 2. The van der Waals surface area contributed by atoms with Gasteiger partial charge in [-0.2, -0.15) is 0 Å². The van der Waals surface area contributed by atoms with Gasteiger partial charge in [-0.15, -0.1) is 0 Å². The molecular formula is C8H12ClN3O2S. The molecule has 0 aromatic carbocycles. The lowest BCUT2D eigenvalue weighted by molar-refractivity contribution is 0.486. The van der Waals surface area contributed by atoms with Gasteiger partial charge >= 0.3 is 0 Å². The van der Waals surface area contributed by atoms with Crippen LogP contribution in [0.1, 0.15) is 6.92 Å². The molecule has 0 bridgehead atoms. The summed E-state index contributed by atoms with van der Waals surface area (Å²) in [5.74, 6) is 0.120. The lowest BCUT2D eigenvalue weighted by Crippen LogP contribution is -2.26. The molecular weight excluding hydrogens is 238 g/mol. The Kier molecular flexibility index (Phi) is 3.54. The molecule has 0 saturated heterocycles. The molecule has 0 aliphatic heterocycles. The van der Waals surface area contributed by atoms with Crippen LogP contribution < -0.4 is 5.73 Å². The Labute approximate surface area is 93.9 Å². The summed E-state index contributed by atoms with van der Waals surface area (Å²) in [5, 5.41) is 0.139. The molecule has 0 radical (unpaired) electrons. The fraction of sp³-hybridized carbons (Fsp3) is 0.375. The highest BCUT2D eigenvalue weighted by Crippen LogP contribution is 2.21. The van der Waals surface area contributed by atoms with Crippen molar-refractivity contribution in [2.24, 2.45) is 0 Å². The van der Waals surface area contributed by atoms with E-state index >= 15 is 0 Å². The average molecular weight is 250 g/mol. The first kappa shape index (κ1) is 12.2. The van der Waals surface area contributed by atoms with E-state index in [2.05, 4.69) is 4.98 Å². The smallest absolute Gasteiger partial charge is 0.244 e. The van der Waals surface area contributed by atoms with Crippen molar-refractivity contribution in [1.82, 2.24) is 9.29 Å². The van der Waals surface area contributed by atoms with Crippen LogP contribution in [0.4, 0.5) is 5.82 Å². The van der Waals surface area contributed by atoms with Crippen LogP contribution in [0.25, 0.3) is 0 Å². The number of anilines is 1. The molecule has 2 N–H and O–H groups in total. The van der Waals surface area contributed by atoms with Crippen LogP contribution in [0.3, 0.4) is 0 Å². The highest BCUT2D eigenvalue weighted by molar-refractivity contribution is 7.89. The van der Waals surface area contributed by atoms with E-state index in [4.69, 9.17) is 17.3 Å². The Morgan fingerprint density at radius 2 is 2.20 bits per heavy atom. The van der Waals surface area contributed by atoms with Gasteiger partial charge in [0.05, 0.1) is 5.02 Å². The van der Waals surface area contributed by atoms with E-state index in [-0.39, 0.29) is 15.7 Å². The minimum absolute atomic E-state index is 0.0473. The molecule has 5 nitrogen and oxygen atoms in total. The van der Waals surface area contributed by atoms with Crippen LogP contribution in [0.2, 0.25) is 5.02 Å². The standard InChI is InChI=1S/C8H12ClN3O2S/c1-3-12(2)15(13,14)6-4-7(9)8(10)11-5-6/h4-5H,3H2,1-2H3,(H2,10,11). The Morgan fingerprint density at radius 3 is 2.67 bits per heavy atom. The van der Waals surface area contributed by atoms with Gasteiger partial charge in [-0.1, -0.05) is 18.5 Å². The van der Waals surface area contributed by atoms with Gasteiger partial charge in [0, 0.05) is 19.8 Å². The second-order valence-electron chi connectivity index (χ2n) is 2.96. The maximum Gasteiger partial charge on any atom is 0.244 e. The van der Waals surface area contributed by atoms with Gasteiger partial charge in [0.1, 0.15) is 10.7 Å². The van der Waals surface area contributed by atoms with Crippen LogP contribution in [-0.2, 0) is 10.0 Å². The summed E-state index contributed by atoms with van der Waals surface area (Å²) >= 11 is 5.70. The minimum atomic E-state index is -3.50. The zero-order valence-corrected chi connectivity index (χ0v) is 10.0. The molecule has 0 aliphatic rings. The summed E-state index contributed by atoms with van der Waals surface area (Å²) < 4.78 is 24.8. The maximum atomic E-state index is 11.8. The van der Waals surface area contributed by atoms with E-state index in [1.165, 1.54) is 23.6 Å². The molecule has 0 atom stereocenters. The van der Waals surface area contributed by atoms with Crippen LogP contribution >= 0.6 is 11.6 Å². The molecule has 0 amide bonds. The van der Waals surface area contributed by atoms with Gasteiger partial charge in [-0.05, 0) is 6.07 Å². The quantitative estimate of drug-likeness (QED) is 0.866. The number of hydrogen-bond acceptors (Lipinski definition) is 4. The summed E-state index contributed by atoms with van der Waals surface area (Å²) in [5.41, 5.74) is 5.39. The molecule has 1 rings (SSSR count). The van der Waals surface area contributed by atoms with Crippen molar-refractivity contribution in [1.29, 1.82) is 0 Å². The van der Waals surface area contributed by atoms with Crippen LogP contribution in [0.15, 0.2) is 17.2 Å². The topological polar surface area (TPSA) is 76.3 Å². The molecule has 0 unspecified atom stereocenters. The Morgan fingerprint density at radius 1 is 1.60 bits per heavy atom. The predicted octanol–water partition coefficient (Wildman–Crippen LogP) is 0.958. The number of halogens is 1. The number of nitrogen functional groups attached to an aromatic ring is 1. The predicted molar refractivity (Wildman–Crippen MR) is 59.1 cm³/mol. The molecule has 0 saturated carbocycles. The number of aromatic nitrogens is 1. The van der Waals surface area contributed by atoms with Crippen molar-refractivity contribution in [3.63, 3.8) is 0 Å². The van der Waals surface area contributed by atoms with Gasteiger partial charge < -0.3 is 5.73 Å². The zero-order chi connectivity index (χ0) is 11.6. The molecule has 0 spiro atoms. The Bertz CT molecular complexity index is 461. The van der Waals surface area contributed by atoms with E-state index in [0.29, 0.717) is 6.54 Å². The van der Waals surface area contributed by atoms with Crippen molar-refractivity contribution >= 4 is 27.4 Å². The van der Waals surface area contributed by atoms with Gasteiger partial charge in [0.15, 0.2) is 0 Å². The second kappa shape index (κ2) is 4.34. The molecule has 0 fully saturated rings. The largest absolute Gasteiger partial charge is 0.382 e. The van der Waals surface area contributed by atoms with E-state index < -0.39 is 10.0 Å². The average Bonchev–Trinajstić information content (AvgIpc) is 2.20. The number of rotatable bonds is 3. The summed E-state index contributed by atoms with van der Waals surface area (Å²) in [6.45, 7) is 2.12. The van der Waals surface area contributed by atoms with E-state index in [0.717, 1.165) is 0 Å². The molecule has 0 aliphatic carbocycles. The first-order valence-electron chi connectivity index (χ1n) is 4.27. The molecule has 1 aromatic rings. The lowest BCUT2D eigenvalue weighted by atomic mass is 10.5. The Hall–Kier alpha value is -0.850. The molecule has 15 heavy (non-hydrogen) atoms. The minimum Gasteiger partial charge on any atom is -0.382 e. The number of pyridine rings is 1. The van der Waals surface area contributed by atoms with Gasteiger partial charge in [-0.3, -0.25) is 0 Å². The van der Waals surface area contributed by atoms with Crippen molar-refractivity contribution < 1.29 is 8.42 Å². The summed E-state index contributed by atoms with van der Waals surface area (Å²) in [6, 6.07) is 1.30. The first-order valence-corrected chi connectivity index (χ1v) is 6.08. The SMILES string of the molecule is CCN(C)S(=O)(=O)c1cnc(N)c(Cl)c1. The highest BCUT2D eigenvalue weighted by Gasteiger charge is 2.20. The van der Waals surface area contributed by atoms with E-state index in [1.54, 1.807) is 6.92 Å². The fourth-order valence-corrected chi connectivity index (χ4v) is 2.31. The first-order chi connectivity index (χ1) is 6.89. The lowest BCUT2D eigenvalue weighted by Gasteiger charge is -2.14. The third-order valence-corrected chi connectivity index (χ3v) is 4.20. The normalized spacial score (nSPS) is 12.0. The van der Waals surface area contributed by atoms with Crippen LogP contribution in [-0.4, -0.2) is 31.3 Å². The number of hydrogen-bond donors (Lipinski definition) is 1. The molecule has 7 heteroatoms.